The van der Waals surface area contributed by atoms with E-state index in [-0.39, 0.29) is 6.61 Å². The molecule has 0 saturated heterocycles. The number of hydrogen-bond donors (Lipinski definition) is 1. The van der Waals surface area contributed by atoms with Gasteiger partial charge in [0.25, 0.3) is 0 Å². The summed E-state index contributed by atoms with van der Waals surface area (Å²) in [5, 5.41) is 4.01. The Morgan fingerprint density at radius 2 is 2.26 bits per heavy atom. The van der Waals surface area contributed by atoms with Crippen LogP contribution in [0, 0.1) is 6.92 Å². The van der Waals surface area contributed by atoms with E-state index in [1.54, 1.807) is 29.8 Å². The van der Waals surface area contributed by atoms with Gasteiger partial charge in [-0.3, -0.25) is 0 Å². The minimum Gasteiger partial charge on any atom is -0.454 e. The first-order valence-electron chi connectivity index (χ1n) is 6.02. The van der Waals surface area contributed by atoms with Crippen LogP contribution in [-0.2, 0) is 17.9 Å². The van der Waals surface area contributed by atoms with Crippen molar-refractivity contribution >= 4 is 11.7 Å². The molecule has 0 atom stereocenters. The van der Waals surface area contributed by atoms with Gasteiger partial charge in [0.05, 0.1) is 5.56 Å². The molecule has 0 unspecified atom stereocenters. The number of benzene rings is 1. The number of anilines is 1. The van der Waals surface area contributed by atoms with E-state index in [4.69, 9.17) is 10.5 Å². The molecule has 0 aliphatic heterocycles. The molecule has 2 N–H and O–H groups in total. The van der Waals surface area contributed by atoms with Crippen LogP contribution in [0.4, 0.5) is 5.69 Å². The molecule has 0 aliphatic carbocycles. The third-order valence-electron chi connectivity index (χ3n) is 2.92. The molecule has 0 aliphatic rings. The summed E-state index contributed by atoms with van der Waals surface area (Å²) in [7, 11) is 0. The second kappa shape index (κ2) is 5.51. The zero-order valence-electron chi connectivity index (χ0n) is 11.0. The minimum atomic E-state index is -0.407. The van der Waals surface area contributed by atoms with Crippen molar-refractivity contribution < 1.29 is 9.53 Å². The summed E-state index contributed by atoms with van der Waals surface area (Å²) in [6.07, 6.45) is 1.44. The highest BCUT2D eigenvalue weighted by molar-refractivity contribution is 5.92. The summed E-state index contributed by atoms with van der Waals surface area (Å²) in [6, 6.07) is 5.17. The Bertz CT molecular complexity index is 592. The van der Waals surface area contributed by atoms with Crippen molar-refractivity contribution in [1.82, 2.24) is 14.8 Å². The summed E-state index contributed by atoms with van der Waals surface area (Å²) in [5.74, 6) is 0.216. The lowest BCUT2D eigenvalue weighted by atomic mass is 10.1. The van der Waals surface area contributed by atoms with E-state index in [0.717, 1.165) is 5.56 Å². The van der Waals surface area contributed by atoms with Gasteiger partial charge in [-0.05, 0) is 31.5 Å². The second-order valence-corrected chi connectivity index (χ2v) is 4.09. The molecule has 100 valence electrons. The van der Waals surface area contributed by atoms with Crippen molar-refractivity contribution in [1.29, 1.82) is 0 Å². The van der Waals surface area contributed by atoms with Gasteiger partial charge in [0.2, 0.25) is 0 Å². The van der Waals surface area contributed by atoms with Gasteiger partial charge in [-0.1, -0.05) is 6.07 Å². The molecule has 6 heteroatoms. The number of esters is 1. The maximum atomic E-state index is 12.0. The predicted octanol–water partition coefficient (Wildman–Crippen LogP) is 1.55. The van der Waals surface area contributed by atoms with Gasteiger partial charge in [-0.2, -0.15) is 5.10 Å². The summed E-state index contributed by atoms with van der Waals surface area (Å²) in [4.78, 5) is 16.0. The van der Waals surface area contributed by atoms with E-state index in [1.165, 1.54) is 6.33 Å². The molecule has 19 heavy (non-hydrogen) atoms. The van der Waals surface area contributed by atoms with Gasteiger partial charge >= 0.3 is 5.97 Å². The standard InChI is InChI=1S/C13H16N4O2/c1-3-17-12(15-8-16-17)7-19-13(18)10-5-4-6-11(14)9(10)2/h4-6,8H,3,7,14H2,1-2H3. The molecule has 0 radical (unpaired) electrons. The first kappa shape index (κ1) is 13.1. The van der Waals surface area contributed by atoms with Crippen LogP contribution in [0.25, 0.3) is 0 Å². The van der Waals surface area contributed by atoms with Gasteiger partial charge in [0, 0.05) is 12.2 Å². The Hall–Kier alpha value is -2.37. The van der Waals surface area contributed by atoms with Crippen LogP contribution in [0.5, 0.6) is 0 Å². The molecule has 2 aromatic rings. The van der Waals surface area contributed by atoms with Crippen LogP contribution < -0.4 is 5.73 Å². The van der Waals surface area contributed by atoms with Crippen LogP contribution in [-0.4, -0.2) is 20.7 Å². The quantitative estimate of drug-likeness (QED) is 0.666. The van der Waals surface area contributed by atoms with Crippen LogP contribution in [0.2, 0.25) is 0 Å². The van der Waals surface area contributed by atoms with Gasteiger partial charge in [0.1, 0.15) is 6.33 Å². The van der Waals surface area contributed by atoms with E-state index in [0.29, 0.717) is 23.6 Å². The minimum absolute atomic E-state index is 0.0981. The molecule has 1 heterocycles. The van der Waals surface area contributed by atoms with Crippen molar-refractivity contribution in [2.24, 2.45) is 0 Å². The molecular formula is C13H16N4O2. The molecule has 0 saturated carbocycles. The first-order chi connectivity index (χ1) is 9.13. The molecular weight excluding hydrogens is 244 g/mol. The summed E-state index contributed by atoms with van der Waals surface area (Å²) in [5.41, 5.74) is 7.54. The average Bonchev–Trinajstić information content (AvgIpc) is 2.86. The molecule has 1 aromatic heterocycles. The summed E-state index contributed by atoms with van der Waals surface area (Å²) >= 11 is 0. The molecule has 6 nitrogen and oxygen atoms in total. The van der Waals surface area contributed by atoms with Crippen LogP contribution in [0.1, 0.15) is 28.7 Å². The van der Waals surface area contributed by atoms with Crippen molar-refractivity contribution in [2.45, 2.75) is 27.0 Å². The Kier molecular flexibility index (Phi) is 3.79. The number of carbonyl (C=O) groups excluding carboxylic acids is 1. The Labute approximate surface area is 111 Å². The molecule has 0 spiro atoms. The van der Waals surface area contributed by atoms with E-state index >= 15 is 0 Å². The smallest absolute Gasteiger partial charge is 0.338 e. The number of nitrogens with two attached hydrogens (primary N) is 1. The number of nitrogen functional groups attached to an aromatic ring is 1. The lowest BCUT2D eigenvalue weighted by Crippen LogP contribution is -2.11. The first-order valence-corrected chi connectivity index (χ1v) is 6.02. The average molecular weight is 260 g/mol. The SMILES string of the molecule is CCn1ncnc1COC(=O)c1cccc(N)c1C. The second-order valence-electron chi connectivity index (χ2n) is 4.09. The number of nitrogens with zero attached hydrogens (tertiary/aromatic N) is 3. The van der Waals surface area contributed by atoms with E-state index in [2.05, 4.69) is 10.1 Å². The zero-order valence-corrected chi connectivity index (χ0v) is 11.0. The predicted molar refractivity (Wildman–Crippen MR) is 70.4 cm³/mol. The van der Waals surface area contributed by atoms with Crippen molar-refractivity contribution in [3.05, 3.63) is 41.5 Å². The summed E-state index contributed by atoms with van der Waals surface area (Å²) in [6.45, 7) is 4.52. The van der Waals surface area contributed by atoms with Crippen LogP contribution >= 0.6 is 0 Å². The largest absolute Gasteiger partial charge is 0.454 e. The van der Waals surface area contributed by atoms with Gasteiger partial charge in [0.15, 0.2) is 12.4 Å². The monoisotopic (exact) mass is 260 g/mol. The number of rotatable bonds is 4. The third kappa shape index (κ3) is 2.73. The van der Waals surface area contributed by atoms with Crippen LogP contribution in [0.15, 0.2) is 24.5 Å². The number of aromatic nitrogens is 3. The van der Waals surface area contributed by atoms with E-state index in [9.17, 15) is 4.79 Å². The fraction of sp³-hybridized carbons (Fsp3) is 0.308. The molecule has 0 amide bonds. The fourth-order valence-electron chi connectivity index (χ4n) is 1.75. The normalized spacial score (nSPS) is 10.4. The lowest BCUT2D eigenvalue weighted by Gasteiger charge is -2.08. The Balaban J connectivity index is 2.08. The van der Waals surface area contributed by atoms with Gasteiger partial charge < -0.3 is 10.5 Å². The van der Waals surface area contributed by atoms with Crippen molar-refractivity contribution in [3.8, 4) is 0 Å². The molecule has 0 bridgehead atoms. The number of hydrogen-bond acceptors (Lipinski definition) is 5. The fourth-order valence-corrected chi connectivity index (χ4v) is 1.75. The Morgan fingerprint density at radius 3 is 3.00 bits per heavy atom. The van der Waals surface area contributed by atoms with Crippen LogP contribution in [0.3, 0.4) is 0 Å². The lowest BCUT2D eigenvalue weighted by molar-refractivity contribution is 0.0456. The van der Waals surface area contributed by atoms with Crippen molar-refractivity contribution in [3.63, 3.8) is 0 Å². The Morgan fingerprint density at radius 1 is 1.47 bits per heavy atom. The highest BCUT2D eigenvalue weighted by Gasteiger charge is 2.13. The third-order valence-corrected chi connectivity index (χ3v) is 2.92. The highest BCUT2D eigenvalue weighted by atomic mass is 16.5. The summed E-state index contributed by atoms with van der Waals surface area (Å²) < 4.78 is 6.91. The van der Waals surface area contributed by atoms with E-state index in [1.807, 2.05) is 6.92 Å². The van der Waals surface area contributed by atoms with Crippen molar-refractivity contribution in [2.75, 3.05) is 5.73 Å². The number of ether oxygens (including phenoxy) is 1. The molecule has 1 aromatic carbocycles. The maximum absolute atomic E-state index is 12.0. The maximum Gasteiger partial charge on any atom is 0.338 e. The van der Waals surface area contributed by atoms with E-state index < -0.39 is 5.97 Å². The topological polar surface area (TPSA) is 83.0 Å². The zero-order chi connectivity index (χ0) is 13.8. The molecule has 2 rings (SSSR count). The highest BCUT2D eigenvalue weighted by Crippen LogP contribution is 2.16. The van der Waals surface area contributed by atoms with Gasteiger partial charge in [-0.15, -0.1) is 0 Å². The number of aryl methyl sites for hydroxylation is 1. The van der Waals surface area contributed by atoms with Gasteiger partial charge in [-0.25, -0.2) is 14.5 Å². The molecule has 0 fully saturated rings. The number of carbonyl (C=O) groups is 1.